The standard InChI is InChI=1S/C70H132O17P2/c1-7-10-12-14-16-17-18-19-20-24-27-30-34-41-47-53-68(73)81-59-65(86-69(74)54-48-42-35-31-28-25-22-21-23-26-29-33-38-44-50-62(4)5)60-84-88(76,77)82-56-64(71)57-83-89(78,79)85-61-66(58-80-67(72)52-46-40-32-15-13-11-8-2)87-70(75)55-49-43-37-36-39-45-51-63(6)9-3/h17-20,62-66,71H,7-16,21-61H2,1-6H3,(H,76,77)(H,78,79)/b18-17-,20-19-/t63?,64-,65-,66-/m1/s1. The van der Waals surface area contributed by atoms with E-state index in [-0.39, 0.29) is 25.7 Å². The highest BCUT2D eigenvalue weighted by molar-refractivity contribution is 7.47. The van der Waals surface area contributed by atoms with Crippen LogP contribution in [0.2, 0.25) is 0 Å². The van der Waals surface area contributed by atoms with Gasteiger partial charge in [-0.25, -0.2) is 9.13 Å². The van der Waals surface area contributed by atoms with Crippen molar-refractivity contribution in [2.75, 3.05) is 39.6 Å². The molecule has 0 bridgehead atoms. The topological polar surface area (TPSA) is 237 Å². The molecule has 6 atom stereocenters. The third-order valence-corrected chi connectivity index (χ3v) is 17.8. The number of ether oxygens (including phenoxy) is 4. The highest BCUT2D eigenvalue weighted by Crippen LogP contribution is 2.45. The number of unbranched alkanes of at least 4 members (excludes halogenated alkanes) is 33. The summed E-state index contributed by atoms with van der Waals surface area (Å²) >= 11 is 0. The molecule has 0 amide bonds. The number of aliphatic hydroxyl groups is 1. The summed E-state index contributed by atoms with van der Waals surface area (Å²) in [5.41, 5.74) is 0. The van der Waals surface area contributed by atoms with Crippen molar-refractivity contribution in [3.8, 4) is 0 Å². The summed E-state index contributed by atoms with van der Waals surface area (Å²) in [6.45, 7) is 9.41. The molecule has 0 rings (SSSR count). The van der Waals surface area contributed by atoms with Gasteiger partial charge in [-0.05, 0) is 63.2 Å². The maximum atomic E-state index is 13.0. The van der Waals surface area contributed by atoms with Crippen molar-refractivity contribution >= 4 is 39.5 Å². The predicted molar refractivity (Wildman–Crippen MR) is 358 cm³/mol. The van der Waals surface area contributed by atoms with E-state index in [4.69, 9.17) is 37.0 Å². The van der Waals surface area contributed by atoms with E-state index < -0.39 is 97.5 Å². The summed E-state index contributed by atoms with van der Waals surface area (Å²) < 4.78 is 68.1. The van der Waals surface area contributed by atoms with Crippen LogP contribution in [0.25, 0.3) is 0 Å². The normalized spacial score (nSPS) is 14.6. The maximum absolute atomic E-state index is 13.0. The molecule has 0 spiro atoms. The Kier molecular flexibility index (Phi) is 60.0. The lowest BCUT2D eigenvalue weighted by Crippen LogP contribution is -2.30. The summed E-state index contributed by atoms with van der Waals surface area (Å²) in [6, 6.07) is 0. The van der Waals surface area contributed by atoms with Gasteiger partial charge in [-0.1, -0.05) is 278 Å². The van der Waals surface area contributed by atoms with E-state index in [1.807, 2.05) is 0 Å². The molecule has 0 radical (unpaired) electrons. The SMILES string of the molecule is CCCCCC/C=C\C=C/CCCCCCCC(=O)OC[C@H](COP(=O)(O)OC[C@@H](O)COP(=O)(O)OC[C@@H](COC(=O)CCCCCCCCC)OC(=O)CCCCCCCCC(C)CC)OC(=O)CCCCCCCCCCCCCCCCC(C)C. The third-order valence-electron chi connectivity index (χ3n) is 15.9. The molecule has 0 heterocycles. The van der Waals surface area contributed by atoms with Crippen LogP contribution in [0.15, 0.2) is 24.3 Å². The smallest absolute Gasteiger partial charge is 0.462 e. The van der Waals surface area contributed by atoms with Gasteiger partial charge in [0.25, 0.3) is 0 Å². The van der Waals surface area contributed by atoms with E-state index in [1.54, 1.807) is 0 Å². The summed E-state index contributed by atoms with van der Waals surface area (Å²) in [5, 5.41) is 10.6. The van der Waals surface area contributed by atoms with E-state index in [0.717, 1.165) is 134 Å². The van der Waals surface area contributed by atoms with Gasteiger partial charge in [-0.15, -0.1) is 0 Å². The Morgan fingerprint density at radius 2 is 0.663 bits per heavy atom. The summed E-state index contributed by atoms with van der Waals surface area (Å²) in [4.78, 5) is 72.3. The summed E-state index contributed by atoms with van der Waals surface area (Å²) in [7, 11) is -9.91. The minimum absolute atomic E-state index is 0.100. The zero-order valence-corrected chi connectivity index (χ0v) is 59.0. The van der Waals surface area contributed by atoms with Crippen LogP contribution in [0, 0.1) is 11.8 Å². The van der Waals surface area contributed by atoms with Gasteiger partial charge in [-0.3, -0.25) is 37.3 Å². The van der Waals surface area contributed by atoms with Crippen LogP contribution in [0.3, 0.4) is 0 Å². The zero-order chi connectivity index (χ0) is 65.7. The van der Waals surface area contributed by atoms with Gasteiger partial charge in [0.05, 0.1) is 26.4 Å². The van der Waals surface area contributed by atoms with Gasteiger partial charge in [0.15, 0.2) is 12.2 Å². The first kappa shape index (κ1) is 86.5. The van der Waals surface area contributed by atoms with Crippen molar-refractivity contribution in [3.05, 3.63) is 24.3 Å². The van der Waals surface area contributed by atoms with Crippen molar-refractivity contribution in [1.82, 2.24) is 0 Å². The molecule has 0 aliphatic carbocycles. The van der Waals surface area contributed by atoms with Crippen molar-refractivity contribution in [1.29, 1.82) is 0 Å². The molecule has 0 aromatic rings. The molecule has 3 unspecified atom stereocenters. The quantitative estimate of drug-likeness (QED) is 0.0169. The van der Waals surface area contributed by atoms with Crippen LogP contribution < -0.4 is 0 Å². The second kappa shape index (κ2) is 61.7. The summed E-state index contributed by atoms with van der Waals surface area (Å²) in [5.74, 6) is -0.651. The lowest BCUT2D eigenvalue weighted by Gasteiger charge is -2.21. The first-order chi connectivity index (χ1) is 42.9. The number of allylic oxidation sites excluding steroid dienone is 4. The van der Waals surface area contributed by atoms with Gasteiger partial charge in [0, 0.05) is 25.7 Å². The average molecular weight is 1310 g/mol. The number of rotatable bonds is 67. The second-order valence-electron chi connectivity index (χ2n) is 25.3. The number of hydrogen-bond donors (Lipinski definition) is 3. The molecule has 0 fully saturated rings. The largest absolute Gasteiger partial charge is 0.472 e. The number of phosphoric ester groups is 2. The van der Waals surface area contributed by atoms with E-state index in [2.05, 4.69) is 65.8 Å². The van der Waals surface area contributed by atoms with Crippen molar-refractivity contribution in [2.45, 2.75) is 349 Å². The van der Waals surface area contributed by atoms with Gasteiger partial charge in [0.1, 0.15) is 19.3 Å². The fourth-order valence-corrected chi connectivity index (χ4v) is 11.6. The number of carbonyl (C=O) groups is 4. The van der Waals surface area contributed by atoms with Gasteiger partial charge >= 0.3 is 39.5 Å². The van der Waals surface area contributed by atoms with E-state index >= 15 is 0 Å². The molecule has 89 heavy (non-hydrogen) atoms. The molecular weight excluding hydrogens is 1170 g/mol. The molecule has 3 N–H and O–H groups in total. The molecule has 0 saturated carbocycles. The summed E-state index contributed by atoms with van der Waals surface area (Å²) in [6.07, 6.45) is 49.6. The predicted octanol–water partition coefficient (Wildman–Crippen LogP) is 19.5. The fourth-order valence-electron chi connectivity index (χ4n) is 10.0. The van der Waals surface area contributed by atoms with E-state index in [9.17, 15) is 43.2 Å². The maximum Gasteiger partial charge on any atom is 0.472 e. The zero-order valence-electron chi connectivity index (χ0n) is 57.2. The molecule has 524 valence electrons. The van der Waals surface area contributed by atoms with Crippen LogP contribution in [0.4, 0.5) is 0 Å². The molecule has 0 aromatic heterocycles. The van der Waals surface area contributed by atoms with Gasteiger partial charge in [-0.2, -0.15) is 0 Å². The lowest BCUT2D eigenvalue weighted by atomic mass is 10.00. The number of hydrogen-bond acceptors (Lipinski definition) is 15. The van der Waals surface area contributed by atoms with Crippen LogP contribution in [-0.4, -0.2) is 96.7 Å². The van der Waals surface area contributed by atoms with Gasteiger partial charge in [0.2, 0.25) is 0 Å². The average Bonchev–Trinajstić information content (AvgIpc) is 3.71. The molecule has 17 nitrogen and oxygen atoms in total. The monoisotopic (exact) mass is 1310 g/mol. The third kappa shape index (κ3) is 62.7. The lowest BCUT2D eigenvalue weighted by molar-refractivity contribution is -0.161. The second-order valence-corrected chi connectivity index (χ2v) is 28.2. The molecule has 0 aliphatic heterocycles. The Hall–Kier alpha value is -2.46. The number of phosphoric acid groups is 2. The molecule has 0 aromatic carbocycles. The van der Waals surface area contributed by atoms with Crippen molar-refractivity contribution < 1.29 is 80.2 Å². The van der Waals surface area contributed by atoms with Crippen LogP contribution in [0.5, 0.6) is 0 Å². The molecule has 19 heteroatoms. The first-order valence-corrected chi connectivity index (χ1v) is 38.8. The number of aliphatic hydroxyl groups excluding tert-OH is 1. The fraction of sp³-hybridized carbons (Fsp3) is 0.886. The Bertz CT molecular complexity index is 1830. The highest BCUT2D eigenvalue weighted by Gasteiger charge is 2.30. The van der Waals surface area contributed by atoms with Crippen LogP contribution in [-0.2, 0) is 65.4 Å². The number of esters is 4. The van der Waals surface area contributed by atoms with E-state index in [0.29, 0.717) is 25.7 Å². The van der Waals surface area contributed by atoms with Gasteiger partial charge < -0.3 is 33.8 Å². The minimum atomic E-state index is -4.96. The highest BCUT2D eigenvalue weighted by atomic mass is 31.2. The Labute approximate surface area is 542 Å². The Balaban J connectivity index is 5.24. The molecule has 0 aliphatic rings. The van der Waals surface area contributed by atoms with Crippen LogP contribution >= 0.6 is 15.6 Å². The van der Waals surface area contributed by atoms with E-state index in [1.165, 1.54) is 116 Å². The van der Waals surface area contributed by atoms with Crippen LogP contribution in [0.1, 0.15) is 330 Å². The molecule has 0 saturated heterocycles. The number of carbonyl (C=O) groups excluding carboxylic acids is 4. The van der Waals surface area contributed by atoms with Crippen molar-refractivity contribution in [3.63, 3.8) is 0 Å². The first-order valence-electron chi connectivity index (χ1n) is 35.8. The Morgan fingerprint density at radius 3 is 1.01 bits per heavy atom. The molecular formula is C70H132O17P2. The van der Waals surface area contributed by atoms with Crippen molar-refractivity contribution in [2.24, 2.45) is 11.8 Å². The minimum Gasteiger partial charge on any atom is -0.462 e. The Morgan fingerprint density at radius 1 is 0.371 bits per heavy atom.